The number of aryl methyl sites for hydroxylation is 1. The summed E-state index contributed by atoms with van der Waals surface area (Å²) in [5.74, 6) is 1.32. The van der Waals surface area contributed by atoms with E-state index in [9.17, 15) is 0 Å². The minimum Gasteiger partial charge on any atom is -0.305 e. The summed E-state index contributed by atoms with van der Waals surface area (Å²) >= 11 is 0. The van der Waals surface area contributed by atoms with Gasteiger partial charge in [-0.25, -0.2) is 4.68 Å². The van der Waals surface area contributed by atoms with E-state index in [4.69, 9.17) is 0 Å². The van der Waals surface area contributed by atoms with Crippen LogP contribution in [0.25, 0.3) is 0 Å². The fourth-order valence-corrected chi connectivity index (χ4v) is 3.72. The summed E-state index contributed by atoms with van der Waals surface area (Å²) in [7, 11) is 1.88. The minimum absolute atomic E-state index is 0.373. The maximum Gasteiger partial charge on any atom is 0.164 e. The Balaban J connectivity index is 1.48. The van der Waals surface area contributed by atoms with Gasteiger partial charge in [0.05, 0.1) is 6.54 Å². The maximum absolute atomic E-state index is 4.09. The van der Waals surface area contributed by atoms with Crippen molar-refractivity contribution in [3.05, 3.63) is 77.6 Å². The second-order valence-corrected chi connectivity index (χ2v) is 6.90. The van der Waals surface area contributed by atoms with Gasteiger partial charge in [-0.2, -0.15) is 0 Å². The molecule has 0 saturated carbocycles. The summed E-state index contributed by atoms with van der Waals surface area (Å²) in [5, 5.41) is 15.4. The van der Waals surface area contributed by atoms with Crippen LogP contribution in [0.1, 0.15) is 22.9 Å². The summed E-state index contributed by atoms with van der Waals surface area (Å²) in [6.45, 7) is 3.72. The van der Waals surface area contributed by atoms with E-state index in [-0.39, 0.29) is 0 Å². The first kappa shape index (κ1) is 16.9. The average Bonchev–Trinajstić information content (AvgIpc) is 3.27. The second-order valence-electron chi connectivity index (χ2n) is 6.90. The zero-order chi connectivity index (χ0) is 17.8. The summed E-state index contributed by atoms with van der Waals surface area (Å²) < 4.78 is 1.72. The Hall–Kier alpha value is -2.57. The SMILES string of the molecule is Cn1nnnc1CN[C@@H]1CN(Cc2ccccc2)C[C@H]1c1ccccc1. The van der Waals surface area contributed by atoms with Gasteiger partial charge in [0.1, 0.15) is 0 Å². The zero-order valence-electron chi connectivity index (χ0n) is 15.0. The van der Waals surface area contributed by atoms with Gasteiger partial charge in [0, 0.05) is 38.6 Å². The highest BCUT2D eigenvalue weighted by molar-refractivity contribution is 5.24. The Morgan fingerprint density at radius 2 is 1.73 bits per heavy atom. The van der Waals surface area contributed by atoms with Crippen LogP contribution in [-0.4, -0.2) is 44.2 Å². The molecule has 0 spiro atoms. The van der Waals surface area contributed by atoms with Gasteiger partial charge >= 0.3 is 0 Å². The van der Waals surface area contributed by atoms with E-state index in [1.807, 2.05) is 7.05 Å². The first-order valence-electron chi connectivity index (χ1n) is 9.05. The van der Waals surface area contributed by atoms with E-state index in [0.29, 0.717) is 18.5 Å². The van der Waals surface area contributed by atoms with Crippen LogP contribution in [-0.2, 0) is 20.1 Å². The number of nitrogens with zero attached hydrogens (tertiary/aromatic N) is 5. The van der Waals surface area contributed by atoms with Crippen molar-refractivity contribution in [1.82, 2.24) is 30.4 Å². The van der Waals surface area contributed by atoms with E-state index in [0.717, 1.165) is 25.5 Å². The number of hydrogen-bond donors (Lipinski definition) is 1. The van der Waals surface area contributed by atoms with Crippen molar-refractivity contribution in [2.24, 2.45) is 7.05 Å². The van der Waals surface area contributed by atoms with E-state index in [2.05, 4.69) is 86.4 Å². The molecule has 0 amide bonds. The smallest absolute Gasteiger partial charge is 0.164 e. The molecule has 1 saturated heterocycles. The molecule has 1 N–H and O–H groups in total. The normalized spacial score (nSPS) is 20.5. The van der Waals surface area contributed by atoms with Gasteiger partial charge in [-0.15, -0.1) is 5.10 Å². The molecular weight excluding hydrogens is 324 g/mol. The molecule has 4 rings (SSSR count). The van der Waals surface area contributed by atoms with Crippen LogP contribution < -0.4 is 5.32 Å². The van der Waals surface area contributed by atoms with Gasteiger partial charge in [0.2, 0.25) is 0 Å². The van der Waals surface area contributed by atoms with Gasteiger partial charge < -0.3 is 5.32 Å². The average molecular weight is 348 g/mol. The molecular formula is C20H24N6. The summed E-state index contributed by atoms with van der Waals surface area (Å²) in [5.41, 5.74) is 2.74. The summed E-state index contributed by atoms with van der Waals surface area (Å²) in [6.07, 6.45) is 0. The number of hydrogen-bond acceptors (Lipinski definition) is 5. The van der Waals surface area contributed by atoms with Gasteiger partial charge in [-0.05, 0) is 21.6 Å². The van der Waals surface area contributed by atoms with Crippen molar-refractivity contribution in [2.45, 2.75) is 25.0 Å². The topological polar surface area (TPSA) is 58.9 Å². The van der Waals surface area contributed by atoms with Crippen LogP contribution in [0.15, 0.2) is 60.7 Å². The Morgan fingerprint density at radius 1 is 1.00 bits per heavy atom. The molecule has 2 atom stereocenters. The molecule has 0 radical (unpaired) electrons. The van der Waals surface area contributed by atoms with Crippen LogP contribution in [0.4, 0.5) is 0 Å². The number of benzene rings is 2. The van der Waals surface area contributed by atoms with Gasteiger partial charge in [0.25, 0.3) is 0 Å². The molecule has 1 fully saturated rings. The van der Waals surface area contributed by atoms with Crippen molar-refractivity contribution in [1.29, 1.82) is 0 Å². The number of nitrogens with one attached hydrogen (secondary N) is 1. The van der Waals surface area contributed by atoms with Crippen molar-refractivity contribution < 1.29 is 0 Å². The molecule has 2 aromatic carbocycles. The Bertz CT molecular complexity index is 817. The third kappa shape index (κ3) is 3.81. The predicted octanol–water partition coefficient (Wildman–Crippen LogP) is 1.97. The molecule has 26 heavy (non-hydrogen) atoms. The van der Waals surface area contributed by atoms with E-state index >= 15 is 0 Å². The summed E-state index contributed by atoms with van der Waals surface area (Å²) in [6, 6.07) is 21.8. The number of tetrazole rings is 1. The van der Waals surface area contributed by atoms with Crippen molar-refractivity contribution in [3.63, 3.8) is 0 Å². The van der Waals surface area contributed by atoms with E-state index < -0.39 is 0 Å². The highest BCUT2D eigenvalue weighted by Crippen LogP contribution is 2.28. The van der Waals surface area contributed by atoms with Crippen LogP contribution in [0.3, 0.4) is 0 Å². The first-order chi connectivity index (χ1) is 12.8. The fourth-order valence-electron chi connectivity index (χ4n) is 3.72. The number of likely N-dealkylation sites (tertiary alicyclic amines) is 1. The Morgan fingerprint density at radius 3 is 2.42 bits per heavy atom. The van der Waals surface area contributed by atoms with Crippen LogP contribution in [0.5, 0.6) is 0 Å². The van der Waals surface area contributed by atoms with E-state index in [1.54, 1.807) is 4.68 Å². The largest absolute Gasteiger partial charge is 0.305 e. The zero-order valence-corrected chi connectivity index (χ0v) is 15.0. The number of aromatic nitrogens is 4. The van der Waals surface area contributed by atoms with Crippen molar-refractivity contribution in [3.8, 4) is 0 Å². The predicted molar refractivity (Wildman–Crippen MR) is 100 cm³/mol. The minimum atomic E-state index is 0.373. The van der Waals surface area contributed by atoms with Crippen LogP contribution in [0, 0.1) is 0 Å². The van der Waals surface area contributed by atoms with Crippen LogP contribution >= 0.6 is 0 Å². The van der Waals surface area contributed by atoms with Gasteiger partial charge in [0.15, 0.2) is 5.82 Å². The molecule has 1 aromatic heterocycles. The lowest BCUT2D eigenvalue weighted by molar-refractivity contribution is 0.318. The molecule has 6 nitrogen and oxygen atoms in total. The summed E-state index contributed by atoms with van der Waals surface area (Å²) in [4.78, 5) is 2.53. The second kappa shape index (κ2) is 7.76. The monoisotopic (exact) mass is 348 g/mol. The Labute approximate surface area is 153 Å². The lowest BCUT2D eigenvalue weighted by Gasteiger charge is -2.19. The number of rotatable bonds is 6. The molecule has 1 aliphatic rings. The standard InChI is InChI=1S/C20H24N6/c1-25-20(22-23-24-25)12-21-19-15-26(13-16-8-4-2-5-9-16)14-18(19)17-10-6-3-7-11-17/h2-11,18-19,21H,12-15H2,1H3/t18-,19+/m0/s1. The van der Waals surface area contributed by atoms with E-state index in [1.165, 1.54) is 11.1 Å². The molecule has 1 aliphatic heterocycles. The molecule has 0 bridgehead atoms. The lowest BCUT2D eigenvalue weighted by Crippen LogP contribution is -2.35. The highest BCUT2D eigenvalue weighted by Gasteiger charge is 2.33. The lowest BCUT2D eigenvalue weighted by atomic mass is 9.94. The van der Waals surface area contributed by atoms with Crippen LogP contribution in [0.2, 0.25) is 0 Å². The maximum atomic E-state index is 4.09. The van der Waals surface area contributed by atoms with Crippen molar-refractivity contribution >= 4 is 0 Å². The fraction of sp³-hybridized carbons (Fsp3) is 0.350. The molecule has 0 unspecified atom stereocenters. The Kier molecular flexibility index (Phi) is 5.04. The highest BCUT2D eigenvalue weighted by atomic mass is 15.5. The molecule has 2 heterocycles. The molecule has 6 heteroatoms. The first-order valence-corrected chi connectivity index (χ1v) is 9.05. The third-order valence-electron chi connectivity index (χ3n) is 5.10. The van der Waals surface area contributed by atoms with Gasteiger partial charge in [-0.3, -0.25) is 4.90 Å². The molecule has 134 valence electrons. The van der Waals surface area contributed by atoms with Gasteiger partial charge in [-0.1, -0.05) is 60.7 Å². The third-order valence-corrected chi connectivity index (χ3v) is 5.10. The molecule has 3 aromatic rings. The molecule has 0 aliphatic carbocycles. The van der Waals surface area contributed by atoms with Crippen molar-refractivity contribution in [2.75, 3.05) is 13.1 Å². The quantitative estimate of drug-likeness (QED) is 0.738.